The zero-order chi connectivity index (χ0) is 19.9. The largest absolute Gasteiger partial charge is 0.492 e. The number of carbonyl (C=O) groups is 2. The lowest BCUT2D eigenvalue weighted by Crippen LogP contribution is -2.33. The molecule has 2 amide bonds. The van der Waals surface area contributed by atoms with Crippen LogP contribution in [0.3, 0.4) is 0 Å². The summed E-state index contributed by atoms with van der Waals surface area (Å²) < 4.78 is 5.65. The number of ether oxygens (including phenoxy) is 1. The van der Waals surface area contributed by atoms with Gasteiger partial charge in [-0.15, -0.1) is 0 Å². The van der Waals surface area contributed by atoms with Crippen LogP contribution in [-0.2, 0) is 9.59 Å². The molecule has 0 aromatic heterocycles. The average molecular weight is 402 g/mol. The van der Waals surface area contributed by atoms with Crippen LogP contribution in [0.5, 0.6) is 5.75 Å². The molecule has 1 fully saturated rings. The van der Waals surface area contributed by atoms with Crippen molar-refractivity contribution in [3.63, 3.8) is 0 Å². The van der Waals surface area contributed by atoms with Crippen molar-refractivity contribution in [1.29, 1.82) is 0 Å². The smallest absolute Gasteiger partial charge is 0.238 e. The predicted octanol–water partition coefficient (Wildman–Crippen LogP) is 3.42. The second-order valence-corrected chi connectivity index (χ2v) is 7.19. The molecule has 0 atom stereocenters. The summed E-state index contributed by atoms with van der Waals surface area (Å²) >= 11 is 5.85. The number of carbonyl (C=O) groups excluding carboxylic acids is 2. The fourth-order valence-electron chi connectivity index (χ4n) is 3.08. The molecule has 0 bridgehead atoms. The Morgan fingerprint density at radius 3 is 2.68 bits per heavy atom. The molecule has 1 heterocycles. The Kier molecular flexibility index (Phi) is 6.90. The Morgan fingerprint density at radius 1 is 1.21 bits per heavy atom. The summed E-state index contributed by atoms with van der Waals surface area (Å²) in [6.45, 7) is 1.98. The molecular weight excluding hydrogens is 378 g/mol. The van der Waals surface area contributed by atoms with Crippen molar-refractivity contribution in [3.05, 3.63) is 53.6 Å². The van der Waals surface area contributed by atoms with E-state index < -0.39 is 0 Å². The van der Waals surface area contributed by atoms with Gasteiger partial charge in [-0.05, 0) is 49.9 Å². The maximum Gasteiger partial charge on any atom is 0.238 e. The highest BCUT2D eigenvalue weighted by molar-refractivity contribution is 6.30. The van der Waals surface area contributed by atoms with Crippen molar-refractivity contribution in [2.24, 2.45) is 0 Å². The van der Waals surface area contributed by atoms with Gasteiger partial charge in [-0.3, -0.25) is 14.5 Å². The molecule has 1 saturated heterocycles. The van der Waals surface area contributed by atoms with Gasteiger partial charge in [-0.25, -0.2) is 0 Å². The fourth-order valence-corrected chi connectivity index (χ4v) is 3.21. The summed E-state index contributed by atoms with van der Waals surface area (Å²) in [5, 5.41) is 3.59. The van der Waals surface area contributed by atoms with E-state index in [2.05, 4.69) is 5.32 Å². The van der Waals surface area contributed by atoms with Gasteiger partial charge >= 0.3 is 0 Å². The van der Waals surface area contributed by atoms with Crippen LogP contribution in [0.1, 0.15) is 12.8 Å². The lowest BCUT2D eigenvalue weighted by Gasteiger charge is -2.21. The first kappa shape index (κ1) is 20.2. The molecule has 28 heavy (non-hydrogen) atoms. The highest BCUT2D eigenvalue weighted by atomic mass is 35.5. The minimum atomic E-state index is -0.131. The van der Waals surface area contributed by atoms with Gasteiger partial charge < -0.3 is 15.0 Å². The molecule has 148 valence electrons. The Labute approximate surface area is 170 Å². The number of benzene rings is 2. The lowest BCUT2D eigenvalue weighted by atomic mass is 10.2. The van der Waals surface area contributed by atoms with Gasteiger partial charge in [0.2, 0.25) is 11.8 Å². The molecule has 7 heteroatoms. The lowest BCUT2D eigenvalue weighted by molar-refractivity contribution is -0.118. The van der Waals surface area contributed by atoms with Crippen LogP contribution in [0, 0.1) is 0 Å². The van der Waals surface area contributed by atoms with Gasteiger partial charge in [0.1, 0.15) is 12.4 Å². The number of halogens is 1. The van der Waals surface area contributed by atoms with Crippen molar-refractivity contribution < 1.29 is 14.3 Å². The first-order valence-electron chi connectivity index (χ1n) is 9.29. The summed E-state index contributed by atoms with van der Waals surface area (Å²) in [5.41, 5.74) is 1.42. The Balaban J connectivity index is 1.48. The summed E-state index contributed by atoms with van der Waals surface area (Å²) in [6, 6.07) is 14.6. The van der Waals surface area contributed by atoms with Crippen LogP contribution in [0.15, 0.2) is 48.5 Å². The van der Waals surface area contributed by atoms with Crippen LogP contribution in [-0.4, -0.2) is 50.0 Å². The first-order valence-corrected chi connectivity index (χ1v) is 9.67. The number of likely N-dealkylation sites (N-methyl/N-ethyl adjacent to an activating group) is 1. The summed E-state index contributed by atoms with van der Waals surface area (Å²) in [7, 11) is 1.86. The maximum atomic E-state index is 12.4. The zero-order valence-corrected chi connectivity index (χ0v) is 16.6. The third-order valence-electron chi connectivity index (χ3n) is 4.51. The molecular formula is C21H24ClN3O3. The molecule has 3 rings (SSSR count). The molecule has 0 radical (unpaired) electrons. The third kappa shape index (κ3) is 5.47. The summed E-state index contributed by atoms with van der Waals surface area (Å²) in [6.07, 6.45) is 1.40. The number of para-hydroxylation sites is 2. The van der Waals surface area contributed by atoms with Crippen molar-refractivity contribution >= 4 is 34.8 Å². The van der Waals surface area contributed by atoms with Crippen LogP contribution < -0.4 is 15.0 Å². The summed E-state index contributed by atoms with van der Waals surface area (Å²) in [5.74, 6) is 0.706. The van der Waals surface area contributed by atoms with Crippen molar-refractivity contribution in [2.75, 3.05) is 43.5 Å². The molecule has 1 N–H and O–H groups in total. The highest BCUT2D eigenvalue weighted by Gasteiger charge is 2.24. The number of hydrogen-bond donors (Lipinski definition) is 1. The van der Waals surface area contributed by atoms with E-state index >= 15 is 0 Å². The average Bonchev–Trinajstić information content (AvgIpc) is 3.09. The molecule has 0 aliphatic carbocycles. The third-order valence-corrected chi connectivity index (χ3v) is 4.76. The molecule has 0 unspecified atom stereocenters. The van der Waals surface area contributed by atoms with Crippen LogP contribution in [0.4, 0.5) is 11.4 Å². The van der Waals surface area contributed by atoms with Crippen LogP contribution in [0.25, 0.3) is 0 Å². The Bertz CT molecular complexity index is 826. The van der Waals surface area contributed by atoms with Gasteiger partial charge in [0.05, 0.1) is 17.9 Å². The summed E-state index contributed by atoms with van der Waals surface area (Å²) in [4.78, 5) is 28.1. The molecule has 0 spiro atoms. The number of anilines is 2. The highest BCUT2D eigenvalue weighted by Crippen LogP contribution is 2.29. The van der Waals surface area contributed by atoms with E-state index in [4.69, 9.17) is 16.3 Å². The number of amides is 2. The second kappa shape index (κ2) is 9.57. The number of rotatable bonds is 8. The molecule has 1 aliphatic heterocycles. The van der Waals surface area contributed by atoms with Gasteiger partial charge in [0.15, 0.2) is 0 Å². The number of hydrogen-bond acceptors (Lipinski definition) is 4. The minimum absolute atomic E-state index is 0.0955. The predicted molar refractivity (Wildman–Crippen MR) is 111 cm³/mol. The quantitative estimate of drug-likeness (QED) is 0.736. The number of nitrogens with one attached hydrogen (secondary N) is 1. The Morgan fingerprint density at radius 2 is 1.96 bits per heavy atom. The first-order chi connectivity index (χ1) is 13.5. The molecule has 0 saturated carbocycles. The van der Waals surface area contributed by atoms with Crippen molar-refractivity contribution in [3.8, 4) is 5.75 Å². The van der Waals surface area contributed by atoms with Gasteiger partial charge in [0, 0.05) is 24.5 Å². The van der Waals surface area contributed by atoms with Crippen LogP contribution in [0.2, 0.25) is 5.02 Å². The monoisotopic (exact) mass is 401 g/mol. The Hall–Kier alpha value is -2.57. The molecule has 1 aliphatic rings. The van der Waals surface area contributed by atoms with Gasteiger partial charge in [-0.1, -0.05) is 23.7 Å². The molecule has 2 aromatic rings. The topological polar surface area (TPSA) is 61.9 Å². The van der Waals surface area contributed by atoms with E-state index in [1.807, 2.05) is 48.3 Å². The molecule has 6 nitrogen and oxygen atoms in total. The van der Waals surface area contributed by atoms with Crippen molar-refractivity contribution in [2.45, 2.75) is 12.8 Å². The minimum Gasteiger partial charge on any atom is -0.492 e. The van der Waals surface area contributed by atoms with E-state index in [0.29, 0.717) is 36.8 Å². The van der Waals surface area contributed by atoms with Gasteiger partial charge in [0.25, 0.3) is 0 Å². The van der Waals surface area contributed by atoms with E-state index in [-0.39, 0.29) is 18.4 Å². The van der Waals surface area contributed by atoms with Crippen molar-refractivity contribution in [1.82, 2.24) is 4.90 Å². The normalized spacial score (nSPS) is 13.8. The fraction of sp³-hybridized carbons (Fsp3) is 0.333. The zero-order valence-electron chi connectivity index (χ0n) is 15.9. The van der Waals surface area contributed by atoms with E-state index in [9.17, 15) is 9.59 Å². The van der Waals surface area contributed by atoms with E-state index in [1.54, 1.807) is 17.0 Å². The van der Waals surface area contributed by atoms with Gasteiger partial charge in [-0.2, -0.15) is 0 Å². The molecule has 2 aromatic carbocycles. The maximum absolute atomic E-state index is 12.4. The second-order valence-electron chi connectivity index (χ2n) is 6.75. The SMILES string of the molecule is CN(CCOc1ccc(Cl)cc1)CC(=O)Nc1ccccc1N1CCCC1=O. The van der Waals surface area contributed by atoms with Crippen LogP contribution >= 0.6 is 11.6 Å². The number of nitrogens with zero attached hydrogens (tertiary/aromatic N) is 2. The van der Waals surface area contributed by atoms with E-state index in [1.165, 1.54) is 0 Å². The van der Waals surface area contributed by atoms with E-state index in [0.717, 1.165) is 17.9 Å². The standard InChI is InChI=1S/C21H24ClN3O3/c1-24(13-14-28-17-10-8-16(22)9-11-17)15-20(26)23-18-5-2-3-6-19(18)25-12-4-7-21(25)27/h2-3,5-6,8-11H,4,7,12-15H2,1H3,(H,23,26).